The Balaban J connectivity index is 1.76. The molecule has 2 N–H and O–H groups in total. The predicted molar refractivity (Wildman–Crippen MR) is 96.7 cm³/mol. The second-order valence-electron chi connectivity index (χ2n) is 5.74. The summed E-state index contributed by atoms with van der Waals surface area (Å²) in [6.07, 6.45) is -0.559. The van der Waals surface area contributed by atoms with Crippen LogP contribution in [0.15, 0.2) is 52.0 Å². The van der Waals surface area contributed by atoms with Crippen LogP contribution in [0.25, 0.3) is 5.69 Å². The molecule has 0 saturated carbocycles. The number of thiophene rings is 1. The van der Waals surface area contributed by atoms with E-state index in [1.165, 1.54) is 0 Å². The predicted octanol–water partition coefficient (Wildman–Crippen LogP) is 2.37. The number of para-hydroxylation sites is 1. The molecule has 3 aromatic rings. The van der Waals surface area contributed by atoms with Crippen LogP contribution < -0.4 is 10.9 Å². The van der Waals surface area contributed by atoms with Crippen molar-refractivity contribution in [1.82, 2.24) is 14.7 Å². The van der Waals surface area contributed by atoms with E-state index in [0.717, 1.165) is 22.5 Å². The molecule has 24 heavy (non-hydrogen) atoms. The van der Waals surface area contributed by atoms with Crippen LogP contribution >= 0.6 is 11.3 Å². The van der Waals surface area contributed by atoms with Gasteiger partial charge >= 0.3 is 0 Å². The number of rotatable bonds is 6. The number of aromatic nitrogens is 2. The summed E-state index contributed by atoms with van der Waals surface area (Å²) in [5.74, 6) is 0. The third-order valence-electron chi connectivity index (χ3n) is 4.24. The van der Waals surface area contributed by atoms with E-state index in [0.29, 0.717) is 13.1 Å². The van der Waals surface area contributed by atoms with Crippen molar-refractivity contribution >= 4 is 11.3 Å². The van der Waals surface area contributed by atoms with Gasteiger partial charge in [-0.15, -0.1) is 0 Å². The largest absolute Gasteiger partial charge is 0.387 e. The molecule has 5 nitrogen and oxygen atoms in total. The zero-order valence-corrected chi connectivity index (χ0v) is 14.6. The topological polar surface area (TPSA) is 59.2 Å². The van der Waals surface area contributed by atoms with Crippen molar-refractivity contribution in [2.24, 2.45) is 7.05 Å². The molecule has 0 aliphatic heterocycles. The highest BCUT2D eigenvalue weighted by Gasteiger charge is 2.16. The zero-order valence-electron chi connectivity index (χ0n) is 13.8. The first-order chi connectivity index (χ1) is 11.6. The van der Waals surface area contributed by atoms with E-state index >= 15 is 0 Å². The van der Waals surface area contributed by atoms with Crippen molar-refractivity contribution in [2.75, 3.05) is 6.54 Å². The Kier molecular flexibility index (Phi) is 4.99. The van der Waals surface area contributed by atoms with Crippen LogP contribution in [0.4, 0.5) is 0 Å². The average Bonchev–Trinajstić information content (AvgIpc) is 3.19. The molecule has 6 heteroatoms. The van der Waals surface area contributed by atoms with E-state index in [-0.39, 0.29) is 5.56 Å². The molecule has 2 aromatic heterocycles. The van der Waals surface area contributed by atoms with E-state index in [2.05, 4.69) is 5.32 Å². The third kappa shape index (κ3) is 3.21. The molecule has 0 aliphatic carbocycles. The fraction of sp³-hybridized carbons (Fsp3) is 0.278. The van der Waals surface area contributed by atoms with Crippen LogP contribution in [0, 0.1) is 6.92 Å². The first kappa shape index (κ1) is 16.7. The number of nitrogens with zero attached hydrogens (tertiary/aromatic N) is 2. The highest BCUT2D eigenvalue weighted by Crippen LogP contribution is 2.15. The van der Waals surface area contributed by atoms with Gasteiger partial charge in [-0.25, -0.2) is 4.68 Å². The summed E-state index contributed by atoms with van der Waals surface area (Å²) in [7, 11) is 1.88. The normalized spacial score (nSPS) is 12.5. The first-order valence-electron chi connectivity index (χ1n) is 7.83. The van der Waals surface area contributed by atoms with Gasteiger partial charge in [-0.05, 0) is 41.4 Å². The van der Waals surface area contributed by atoms with E-state index in [9.17, 15) is 9.90 Å². The SMILES string of the molecule is Cc1c(CNCC(O)c2ccsc2)c(=O)n(-c2ccccc2)n1C. The lowest BCUT2D eigenvalue weighted by Crippen LogP contribution is -2.26. The molecule has 0 aliphatic rings. The van der Waals surface area contributed by atoms with Gasteiger partial charge in [0.1, 0.15) is 0 Å². The van der Waals surface area contributed by atoms with Crippen molar-refractivity contribution in [3.63, 3.8) is 0 Å². The number of hydrogen-bond donors (Lipinski definition) is 2. The summed E-state index contributed by atoms with van der Waals surface area (Å²) in [5, 5.41) is 17.2. The summed E-state index contributed by atoms with van der Waals surface area (Å²) in [6, 6.07) is 11.5. The van der Waals surface area contributed by atoms with Gasteiger partial charge in [-0.2, -0.15) is 11.3 Å². The maximum Gasteiger partial charge on any atom is 0.276 e. The highest BCUT2D eigenvalue weighted by molar-refractivity contribution is 7.07. The monoisotopic (exact) mass is 343 g/mol. The summed E-state index contributed by atoms with van der Waals surface area (Å²) < 4.78 is 3.53. The van der Waals surface area contributed by atoms with Crippen LogP contribution in [0.1, 0.15) is 22.9 Å². The Morgan fingerprint density at radius 2 is 2.00 bits per heavy atom. The Morgan fingerprint density at radius 3 is 2.67 bits per heavy atom. The minimum atomic E-state index is -0.559. The van der Waals surface area contributed by atoms with Gasteiger partial charge in [0.2, 0.25) is 0 Å². The van der Waals surface area contributed by atoms with E-state index in [1.807, 2.05) is 65.8 Å². The summed E-state index contributed by atoms with van der Waals surface area (Å²) in [6.45, 7) is 2.78. The Labute approximate surface area is 144 Å². The van der Waals surface area contributed by atoms with Crippen LogP contribution in [0.3, 0.4) is 0 Å². The van der Waals surface area contributed by atoms with Gasteiger partial charge in [-0.1, -0.05) is 18.2 Å². The lowest BCUT2D eigenvalue weighted by Gasteiger charge is -2.09. The summed E-state index contributed by atoms with van der Waals surface area (Å²) >= 11 is 1.56. The van der Waals surface area contributed by atoms with Crippen molar-refractivity contribution in [3.05, 3.63) is 74.3 Å². The number of benzene rings is 1. The fourth-order valence-electron chi connectivity index (χ4n) is 2.74. The number of aliphatic hydroxyl groups is 1. The molecule has 1 atom stereocenters. The van der Waals surface area contributed by atoms with E-state index < -0.39 is 6.10 Å². The lowest BCUT2D eigenvalue weighted by atomic mass is 10.2. The van der Waals surface area contributed by atoms with Gasteiger partial charge < -0.3 is 10.4 Å². The molecule has 126 valence electrons. The molecule has 0 radical (unpaired) electrons. The van der Waals surface area contributed by atoms with Crippen molar-refractivity contribution < 1.29 is 5.11 Å². The molecular formula is C18H21N3O2S. The molecule has 1 unspecified atom stereocenters. The van der Waals surface area contributed by atoms with Gasteiger partial charge in [0, 0.05) is 25.8 Å². The van der Waals surface area contributed by atoms with Crippen LogP contribution in [-0.2, 0) is 13.6 Å². The third-order valence-corrected chi connectivity index (χ3v) is 4.94. The van der Waals surface area contributed by atoms with Crippen LogP contribution in [0.2, 0.25) is 0 Å². The maximum atomic E-state index is 12.8. The molecular weight excluding hydrogens is 322 g/mol. The molecule has 0 saturated heterocycles. The zero-order chi connectivity index (χ0) is 17.1. The maximum absolute atomic E-state index is 12.8. The first-order valence-corrected chi connectivity index (χ1v) is 8.77. The van der Waals surface area contributed by atoms with Gasteiger partial charge in [0.25, 0.3) is 5.56 Å². The standard InChI is InChI=1S/C18H21N3O2S/c1-13-16(10-19-11-17(22)14-8-9-24-12-14)18(23)21(20(13)2)15-6-4-3-5-7-15/h3-9,12,17,19,22H,10-11H2,1-2H3. The second kappa shape index (κ2) is 7.17. The minimum absolute atomic E-state index is 0.0290. The highest BCUT2D eigenvalue weighted by atomic mass is 32.1. The van der Waals surface area contributed by atoms with Crippen molar-refractivity contribution in [1.29, 1.82) is 0 Å². The van der Waals surface area contributed by atoms with Crippen molar-refractivity contribution in [3.8, 4) is 5.69 Å². The van der Waals surface area contributed by atoms with Gasteiger partial charge in [0.15, 0.2) is 0 Å². The smallest absolute Gasteiger partial charge is 0.276 e. The number of nitrogens with one attached hydrogen (secondary N) is 1. The summed E-state index contributed by atoms with van der Waals surface area (Å²) in [4.78, 5) is 12.8. The molecule has 0 fully saturated rings. The molecule has 1 aromatic carbocycles. The molecule has 2 heterocycles. The Hall–Kier alpha value is -2.15. The number of hydrogen-bond acceptors (Lipinski definition) is 4. The van der Waals surface area contributed by atoms with Gasteiger partial charge in [0.05, 0.1) is 17.4 Å². The van der Waals surface area contributed by atoms with Crippen LogP contribution in [-0.4, -0.2) is 21.0 Å². The molecule has 0 bridgehead atoms. The molecule has 0 spiro atoms. The van der Waals surface area contributed by atoms with Crippen molar-refractivity contribution in [2.45, 2.75) is 19.6 Å². The van der Waals surface area contributed by atoms with E-state index in [1.54, 1.807) is 16.0 Å². The fourth-order valence-corrected chi connectivity index (χ4v) is 3.45. The van der Waals surface area contributed by atoms with Gasteiger partial charge in [-0.3, -0.25) is 9.48 Å². The Bertz CT molecular complexity index is 851. The minimum Gasteiger partial charge on any atom is -0.387 e. The quantitative estimate of drug-likeness (QED) is 0.722. The Morgan fingerprint density at radius 1 is 1.25 bits per heavy atom. The molecule has 0 amide bonds. The molecule has 3 rings (SSSR count). The average molecular weight is 343 g/mol. The van der Waals surface area contributed by atoms with Crippen LogP contribution in [0.5, 0.6) is 0 Å². The van der Waals surface area contributed by atoms with E-state index in [4.69, 9.17) is 0 Å². The second-order valence-corrected chi connectivity index (χ2v) is 6.52. The summed E-state index contributed by atoms with van der Waals surface area (Å²) in [5.41, 5.74) is 3.36. The number of aliphatic hydroxyl groups excluding tert-OH is 1. The lowest BCUT2D eigenvalue weighted by molar-refractivity contribution is 0.175.